The number of benzene rings is 1. The summed E-state index contributed by atoms with van der Waals surface area (Å²) in [6.45, 7) is 4.57. The molecular weight excluding hydrogens is 422 g/mol. The van der Waals surface area contributed by atoms with Gasteiger partial charge in [0.15, 0.2) is 0 Å². The highest BCUT2D eigenvalue weighted by Crippen LogP contribution is 2.30. The summed E-state index contributed by atoms with van der Waals surface area (Å²) in [5.41, 5.74) is 0.485. The number of rotatable bonds is 4. The van der Waals surface area contributed by atoms with Crippen LogP contribution in [-0.2, 0) is 10.0 Å². The molecule has 1 aliphatic heterocycles. The van der Waals surface area contributed by atoms with Gasteiger partial charge in [-0.25, -0.2) is 22.7 Å². The maximum atomic E-state index is 12.9. The van der Waals surface area contributed by atoms with E-state index in [2.05, 4.69) is 27.9 Å². The first kappa shape index (κ1) is 20.7. The summed E-state index contributed by atoms with van der Waals surface area (Å²) >= 11 is 1.65. The van der Waals surface area contributed by atoms with Crippen LogP contribution in [0.15, 0.2) is 41.6 Å². The molecule has 158 valence electrons. The molecule has 0 bridgehead atoms. The minimum atomic E-state index is -3.51. The highest BCUT2D eigenvalue weighted by atomic mass is 32.2. The number of aromatic nitrogens is 2. The van der Waals surface area contributed by atoms with Gasteiger partial charge >= 0.3 is 0 Å². The van der Waals surface area contributed by atoms with Crippen LogP contribution in [0.25, 0.3) is 10.2 Å². The quantitative estimate of drug-likeness (QED) is 0.612. The number of carbonyl (C=O) groups is 1. The molecule has 3 heterocycles. The standard InChI is InChI=1S/C20H23N5O3S2/c1-14-12-17-18(21-13-22-19(17)29-14)24-8-10-25(11-9-24)20(26)15-4-6-16(7-5-15)30(27,28)23(2)3/h4-7,12-13H,8-11H2,1-3H3. The van der Waals surface area contributed by atoms with Crippen molar-refractivity contribution in [2.75, 3.05) is 45.2 Å². The van der Waals surface area contributed by atoms with Crippen LogP contribution in [0.4, 0.5) is 5.82 Å². The van der Waals surface area contributed by atoms with Gasteiger partial charge in [0.05, 0.1) is 10.3 Å². The lowest BCUT2D eigenvalue weighted by atomic mass is 10.2. The average Bonchev–Trinajstić information content (AvgIpc) is 3.13. The molecule has 0 unspecified atom stereocenters. The molecule has 3 aromatic rings. The van der Waals surface area contributed by atoms with Gasteiger partial charge < -0.3 is 9.80 Å². The van der Waals surface area contributed by atoms with Crippen molar-refractivity contribution in [1.82, 2.24) is 19.2 Å². The zero-order valence-corrected chi connectivity index (χ0v) is 18.7. The van der Waals surface area contributed by atoms with Gasteiger partial charge in [-0.15, -0.1) is 11.3 Å². The SMILES string of the molecule is Cc1cc2c(N3CCN(C(=O)c4ccc(S(=O)(=O)N(C)C)cc4)CC3)ncnc2s1. The van der Waals surface area contributed by atoms with Crippen LogP contribution in [0.5, 0.6) is 0 Å². The summed E-state index contributed by atoms with van der Waals surface area (Å²) in [7, 11) is -0.542. The van der Waals surface area contributed by atoms with E-state index in [9.17, 15) is 13.2 Å². The fourth-order valence-electron chi connectivity index (χ4n) is 3.50. The van der Waals surface area contributed by atoms with Gasteiger partial charge in [-0.05, 0) is 37.3 Å². The molecule has 1 amide bonds. The number of hydrogen-bond donors (Lipinski definition) is 0. The Morgan fingerprint density at radius 2 is 1.73 bits per heavy atom. The number of fused-ring (bicyclic) bond motifs is 1. The van der Waals surface area contributed by atoms with Crippen molar-refractivity contribution in [3.8, 4) is 0 Å². The second-order valence-electron chi connectivity index (χ2n) is 7.36. The van der Waals surface area contributed by atoms with Gasteiger partial charge in [0.1, 0.15) is 17.0 Å². The Labute approximate surface area is 179 Å². The first-order valence-corrected chi connectivity index (χ1v) is 11.8. The second kappa shape index (κ2) is 7.93. The number of amides is 1. The molecule has 1 fully saturated rings. The zero-order chi connectivity index (χ0) is 21.5. The van der Waals surface area contributed by atoms with E-state index in [-0.39, 0.29) is 10.8 Å². The van der Waals surface area contributed by atoms with Crippen molar-refractivity contribution >= 4 is 43.3 Å². The van der Waals surface area contributed by atoms with Crippen LogP contribution < -0.4 is 4.90 Å². The van der Waals surface area contributed by atoms with E-state index >= 15 is 0 Å². The van der Waals surface area contributed by atoms with Gasteiger partial charge in [0, 0.05) is 50.7 Å². The van der Waals surface area contributed by atoms with Crippen LogP contribution >= 0.6 is 11.3 Å². The van der Waals surface area contributed by atoms with Crippen LogP contribution in [0.1, 0.15) is 15.2 Å². The maximum absolute atomic E-state index is 12.9. The van der Waals surface area contributed by atoms with Crippen LogP contribution in [0.3, 0.4) is 0 Å². The van der Waals surface area contributed by atoms with E-state index in [1.165, 1.54) is 31.1 Å². The predicted octanol–water partition coefficient (Wildman–Crippen LogP) is 2.21. The number of aryl methyl sites for hydroxylation is 1. The third kappa shape index (κ3) is 3.78. The van der Waals surface area contributed by atoms with Crippen molar-refractivity contribution in [3.63, 3.8) is 0 Å². The lowest BCUT2D eigenvalue weighted by molar-refractivity contribution is 0.0746. The van der Waals surface area contributed by atoms with Gasteiger partial charge in [0.25, 0.3) is 5.91 Å². The molecule has 1 saturated heterocycles. The van der Waals surface area contributed by atoms with E-state index in [0.29, 0.717) is 31.7 Å². The molecule has 0 N–H and O–H groups in total. The molecule has 0 saturated carbocycles. The van der Waals surface area contributed by atoms with Gasteiger partial charge in [-0.2, -0.15) is 0 Å². The van der Waals surface area contributed by atoms with E-state index in [1.807, 2.05) is 0 Å². The van der Waals surface area contributed by atoms with Crippen molar-refractivity contribution < 1.29 is 13.2 Å². The van der Waals surface area contributed by atoms with E-state index < -0.39 is 10.0 Å². The molecule has 30 heavy (non-hydrogen) atoms. The van der Waals surface area contributed by atoms with Crippen LogP contribution in [-0.4, -0.2) is 73.8 Å². The second-order valence-corrected chi connectivity index (χ2v) is 10.8. The highest BCUT2D eigenvalue weighted by Gasteiger charge is 2.25. The van der Waals surface area contributed by atoms with Gasteiger partial charge in [-0.3, -0.25) is 4.79 Å². The number of piperazine rings is 1. The number of nitrogens with zero attached hydrogens (tertiary/aromatic N) is 5. The van der Waals surface area contributed by atoms with Gasteiger partial charge in [-0.1, -0.05) is 0 Å². The Hall–Kier alpha value is -2.56. The van der Waals surface area contributed by atoms with Crippen molar-refractivity contribution in [2.45, 2.75) is 11.8 Å². The fraction of sp³-hybridized carbons (Fsp3) is 0.350. The van der Waals surface area contributed by atoms with Crippen molar-refractivity contribution in [1.29, 1.82) is 0 Å². The molecule has 0 atom stereocenters. The summed E-state index contributed by atoms with van der Waals surface area (Å²) in [6.07, 6.45) is 1.59. The zero-order valence-electron chi connectivity index (χ0n) is 17.1. The molecule has 10 heteroatoms. The van der Waals surface area contributed by atoms with E-state index in [1.54, 1.807) is 34.7 Å². The molecule has 2 aromatic heterocycles. The summed E-state index contributed by atoms with van der Waals surface area (Å²) in [5.74, 6) is 0.817. The molecule has 0 spiro atoms. The Morgan fingerprint density at radius 3 is 2.37 bits per heavy atom. The van der Waals surface area contributed by atoms with Crippen LogP contribution in [0, 0.1) is 6.92 Å². The summed E-state index contributed by atoms with van der Waals surface area (Å²) in [4.78, 5) is 28.0. The largest absolute Gasteiger partial charge is 0.352 e. The third-order valence-electron chi connectivity index (χ3n) is 5.18. The summed E-state index contributed by atoms with van der Waals surface area (Å²) < 4.78 is 25.5. The first-order chi connectivity index (χ1) is 14.3. The minimum Gasteiger partial charge on any atom is -0.352 e. The maximum Gasteiger partial charge on any atom is 0.253 e. The Bertz CT molecular complexity index is 1180. The van der Waals surface area contributed by atoms with Crippen LogP contribution in [0.2, 0.25) is 0 Å². The molecule has 1 aromatic carbocycles. The first-order valence-electron chi connectivity index (χ1n) is 9.55. The Balaban J connectivity index is 1.46. The summed E-state index contributed by atoms with van der Waals surface area (Å²) in [6, 6.07) is 8.22. The fourth-order valence-corrected chi connectivity index (χ4v) is 5.24. The third-order valence-corrected chi connectivity index (χ3v) is 7.97. The number of hydrogen-bond acceptors (Lipinski definition) is 7. The topological polar surface area (TPSA) is 86.7 Å². The summed E-state index contributed by atoms with van der Waals surface area (Å²) in [5, 5.41) is 1.05. The number of carbonyl (C=O) groups excluding carboxylic acids is 1. The number of anilines is 1. The smallest absolute Gasteiger partial charge is 0.253 e. The molecule has 0 aliphatic carbocycles. The molecule has 1 aliphatic rings. The predicted molar refractivity (Wildman–Crippen MR) is 118 cm³/mol. The van der Waals surface area contributed by atoms with E-state index in [0.717, 1.165) is 20.3 Å². The average molecular weight is 446 g/mol. The van der Waals surface area contributed by atoms with E-state index in [4.69, 9.17) is 0 Å². The molecule has 4 rings (SSSR count). The van der Waals surface area contributed by atoms with Crippen molar-refractivity contribution in [3.05, 3.63) is 47.1 Å². The molecular formula is C20H23N5O3S2. The number of thiophene rings is 1. The van der Waals surface area contributed by atoms with Crippen molar-refractivity contribution in [2.24, 2.45) is 0 Å². The lowest BCUT2D eigenvalue weighted by Crippen LogP contribution is -2.49. The minimum absolute atomic E-state index is 0.0948. The lowest BCUT2D eigenvalue weighted by Gasteiger charge is -2.35. The van der Waals surface area contributed by atoms with Gasteiger partial charge in [0.2, 0.25) is 10.0 Å². The molecule has 8 nitrogen and oxygen atoms in total. The number of sulfonamides is 1. The normalized spacial score (nSPS) is 15.2. The monoisotopic (exact) mass is 445 g/mol. The Morgan fingerprint density at radius 1 is 1.07 bits per heavy atom. The highest BCUT2D eigenvalue weighted by molar-refractivity contribution is 7.89. The Kier molecular flexibility index (Phi) is 5.48. The molecule has 0 radical (unpaired) electrons.